The average Bonchev–Trinajstić information content (AvgIpc) is 3.58. The number of benzene rings is 2. The number of para-hydroxylation sites is 1. The van der Waals surface area contributed by atoms with Crippen molar-refractivity contribution in [1.29, 1.82) is 0 Å². The highest BCUT2D eigenvalue weighted by Crippen LogP contribution is 2.45. The van der Waals surface area contributed by atoms with Gasteiger partial charge in [-0.25, -0.2) is 4.98 Å². The fourth-order valence-corrected chi connectivity index (χ4v) is 5.57. The van der Waals surface area contributed by atoms with E-state index in [0.717, 1.165) is 15.6 Å². The number of rotatable bonds is 5. The molecule has 36 heavy (non-hydrogen) atoms. The molecule has 178 valence electrons. The summed E-state index contributed by atoms with van der Waals surface area (Å²) >= 11 is 1.28. The second-order valence-corrected chi connectivity index (χ2v) is 9.27. The van der Waals surface area contributed by atoms with Crippen molar-refractivity contribution in [2.45, 2.75) is 13.0 Å². The minimum Gasteiger partial charge on any atom is -0.507 e. The predicted molar refractivity (Wildman–Crippen MR) is 138 cm³/mol. The highest BCUT2D eigenvalue weighted by molar-refractivity contribution is 7.22. The van der Waals surface area contributed by atoms with Gasteiger partial charge < -0.3 is 14.8 Å². The van der Waals surface area contributed by atoms with Gasteiger partial charge in [0.15, 0.2) is 5.13 Å². The lowest BCUT2D eigenvalue weighted by Crippen LogP contribution is -2.29. The number of pyridine rings is 1. The van der Waals surface area contributed by atoms with Gasteiger partial charge in [0.1, 0.15) is 11.5 Å². The molecule has 1 aliphatic heterocycles. The van der Waals surface area contributed by atoms with Crippen molar-refractivity contribution < 1.29 is 19.4 Å². The summed E-state index contributed by atoms with van der Waals surface area (Å²) in [5, 5.41) is 12.5. The molecule has 1 fully saturated rings. The largest absolute Gasteiger partial charge is 0.507 e. The fourth-order valence-electron chi connectivity index (χ4n) is 4.55. The Labute approximate surface area is 209 Å². The van der Waals surface area contributed by atoms with E-state index in [1.54, 1.807) is 30.7 Å². The molecule has 0 bridgehead atoms. The number of hydrogen-bond donors (Lipinski definition) is 2. The Kier molecular flexibility index (Phi) is 5.26. The van der Waals surface area contributed by atoms with Gasteiger partial charge in [-0.3, -0.25) is 19.5 Å². The van der Waals surface area contributed by atoms with E-state index in [2.05, 4.69) is 15.0 Å². The number of nitrogens with zero attached hydrogens (tertiary/aromatic N) is 3. The van der Waals surface area contributed by atoms with Crippen LogP contribution < -0.4 is 9.64 Å². The highest BCUT2D eigenvalue weighted by Gasteiger charge is 2.48. The average molecular weight is 497 g/mol. The molecular weight excluding hydrogens is 476 g/mol. The van der Waals surface area contributed by atoms with E-state index in [-0.39, 0.29) is 11.3 Å². The third-order valence-electron chi connectivity index (χ3n) is 6.15. The summed E-state index contributed by atoms with van der Waals surface area (Å²) in [7, 11) is 0. The Morgan fingerprint density at radius 1 is 1.17 bits per heavy atom. The number of hydrogen-bond acceptors (Lipinski definition) is 7. The molecule has 9 heteroatoms. The number of aromatic nitrogens is 3. The number of carbonyl (C=O) groups excluding carboxylic acids is 2. The number of ketones is 1. The third-order valence-corrected chi connectivity index (χ3v) is 7.17. The number of Topliss-reactive ketones (excluding diaryl/α,β-unsaturated/α-hetero) is 1. The quantitative estimate of drug-likeness (QED) is 0.197. The van der Waals surface area contributed by atoms with Crippen LogP contribution in [0.5, 0.6) is 5.75 Å². The van der Waals surface area contributed by atoms with Crippen LogP contribution in [0.4, 0.5) is 5.13 Å². The number of H-pyrrole nitrogens is 1. The summed E-state index contributed by atoms with van der Waals surface area (Å²) in [6.07, 6.45) is 4.84. The second-order valence-electron chi connectivity index (χ2n) is 8.26. The van der Waals surface area contributed by atoms with E-state index in [1.807, 2.05) is 49.4 Å². The number of anilines is 1. The van der Waals surface area contributed by atoms with E-state index in [9.17, 15) is 14.7 Å². The lowest BCUT2D eigenvalue weighted by molar-refractivity contribution is -0.132. The molecule has 3 aromatic heterocycles. The van der Waals surface area contributed by atoms with Crippen molar-refractivity contribution in [3.8, 4) is 5.75 Å². The normalized spacial score (nSPS) is 17.4. The van der Waals surface area contributed by atoms with Crippen LogP contribution in [-0.2, 0) is 9.59 Å². The van der Waals surface area contributed by atoms with Crippen LogP contribution >= 0.6 is 11.3 Å². The van der Waals surface area contributed by atoms with E-state index in [1.165, 1.54) is 16.2 Å². The van der Waals surface area contributed by atoms with Gasteiger partial charge in [-0.1, -0.05) is 35.6 Å². The molecule has 1 amide bonds. The zero-order valence-electron chi connectivity index (χ0n) is 19.1. The topological polar surface area (TPSA) is 108 Å². The molecule has 1 atom stereocenters. The summed E-state index contributed by atoms with van der Waals surface area (Å²) in [4.78, 5) is 40.2. The van der Waals surface area contributed by atoms with Crippen molar-refractivity contribution in [3.63, 3.8) is 0 Å². The molecule has 2 N–H and O–H groups in total. The Morgan fingerprint density at radius 3 is 2.83 bits per heavy atom. The molecule has 0 saturated carbocycles. The number of nitrogens with one attached hydrogen (secondary N) is 1. The van der Waals surface area contributed by atoms with Gasteiger partial charge in [0.25, 0.3) is 5.78 Å². The maximum absolute atomic E-state index is 13.4. The number of aliphatic hydroxyl groups excluding tert-OH is 1. The zero-order chi connectivity index (χ0) is 24.8. The first-order chi connectivity index (χ1) is 17.6. The van der Waals surface area contributed by atoms with Crippen LogP contribution in [0.1, 0.15) is 24.1 Å². The van der Waals surface area contributed by atoms with Crippen LogP contribution in [0.3, 0.4) is 0 Å². The van der Waals surface area contributed by atoms with Crippen LogP contribution in [0, 0.1) is 0 Å². The van der Waals surface area contributed by atoms with Gasteiger partial charge in [0, 0.05) is 35.1 Å². The van der Waals surface area contributed by atoms with E-state index in [0.29, 0.717) is 34.1 Å². The van der Waals surface area contributed by atoms with Crippen LogP contribution in [0.15, 0.2) is 78.8 Å². The smallest absolute Gasteiger partial charge is 0.301 e. The molecular formula is C27H20N4O4S. The minimum atomic E-state index is -0.890. The Hall–Kier alpha value is -4.50. The van der Waals surface area contributed by atoms with Gasteiger partial charge in [-0.2, -0.15) is 0 Å². The maximum atomic E-state index is 13.4. The molecule has 6 rings (SSSR count). The molecule has 5 aromatic rings. The lowest BCUT2D eigenvalue weighted by atomic mass is 9.96. The Bertz CT molecular complexity index is 1670. The number of aromatic amines is 1. The highest BCUT2D eigenvalue weighted by atomic mass is 32.1. The summed E-state index contributed by atoms with van der Waals surface area (Å²) < 4.78 is 6.41. The monoisotopic (exact) mass is 496 g/mol. The molecule has 1 aliphatic rings. The fraction of sp³-hybridized carbons (Fsp3) is 0.111. The summed E-state index contributed by atoms with van der Waals surface area (Å²) in [5.74, 6) is -1.08. The first-order valence-corrected chi connectivity index (χ1v) is 12.2. The molecule has 1 unspecified atom stereocenters. The zero-order valence-corrected chi connectivity index (χ0v) is 20.0. The molecule has 0 spiro atoms. The molecule has 0 radical (unpaired) electrons. The van der Waals surface area contributed by atoms with Gasteiger partial charge >= 0.3 is 5.91 Å². The molecule has 4 heterocycles. The number of thiazole rings is 1. The predicted octanol–water partition coefficient (Wildman–Crippen LogP) is 5.20. The van der Waals surface area contributed by atoms with Crippen molar-refractivity contribution >= 4 is 55.0 Å². The van der Waals surface area contributed by atoms with Crippen molar-refractivity contribution in [2.24, 2.45) is 0 Å². The molecule has 2 aromatic carbocycles. The first-order valence-electron chi connectivity index (χ1n) is 11.4. The van der Waals surface area contributed by atoms with Crippen molar-refractivity contribution in [3.05, 3.63) is 89.9 Å². The molecule has 0 aliphatic carbocycles. The van der Waals surface area contributed by atoms with Gasteiger partial charge in [0.05, 0.1) is 28.4 Å². The molecule has 8 nitrogen and oxygen atoms in total. The van der Waals surface area contributed by atoms with Crippen LogP contribution in [-0.4, -0.2) is 38.4 Å². The Balaban J connectivity index is 1.55. The number of aliphatic hydroxyl groups is 1. The van der Waals surface area contributed by atoms with Crippen LogP contribution in [0.25, 0.3) is 26.9 Å². The number of amides is 1. The standard InChI is InChI=1S/C27H20N4O4S/c1-2-35-16-9-10-20-21(12-16)36-27(30-20)31-23(15-6-5-11-28-13-15)22(25(33)26(31)34)24(32)18-14-29-19-8-4-3-7-17(18)19/h3-14,23,29,32H,2H2,1H3/b24-22+. The number of carbonyl (C=O) groups is 2. The number of fused-ring (bicyclic) bond motifs is 2. The van der Waals surface area contributed by atoms with Crippen molar-refractivity contribution in [1.82, 2.24) is 15.0 Å². The van der Waals surface area contributed by atoms with Gasteiger partial charge in [-0.05, 0) is 42.8 Å². The molecule has 1 saturated heterocycles. The van der Waals surface area contributed by atoms with E-state index in [4.69, 9.17) is 4.74 Å². The summed E-state index contributed by atoms with van der Waals surface area (Å²) in [6.45, 7) is 2.43. The lowest BCUT2D eigenvalue weighted by Gasteiger charge is -2.22. The van der Waals surface area contributed by atoms with Crippen molar-refractivity contribution in [2.75, 3.05) is 11.5 Å². The SMILES string of the molecule is CCOc1ccc2nc(N3C(=O)C(=O)/C(=C(/O)c4c[nH]c5ccccc45)C3c3cccnc3)sc2c1. The van der Waals surface area contributed by atoms with E-state index >= 15 is 0 Å². The second kappa shape index (κ2) is 8.62. The number of ether oxygens (including phenoxy) is 1. The van der Waals surface area contributed by atoms with Crippen LogP contribution in [0.2, 0.25) is 0 Å². The van der Waals surface area contributed by atoms with E-state index < -0.39 is 17.7 Å². The van der Waals surface area contributed by atoms with Gasteiger partial charge in [-0.15, -0.1) is 0 Å². The Morgan fingerprint density at radius 2 is 2.03 bits per heavy atom. The maximum Gasteiger partial charge on any atom is 0.301 e. The van der Waals surface area contributed by atoms with Gasteiger partial charge in [0.2, 0.25) is 0 Å². The summed E-state index contributed by atoms with van der Waals surface area (Å²) in [6, 6.07) is 15.6. The summed E-state index contributed by atoms with van der Waals surface area (Å²) in [5.41, 5.74) is 2.52. The first kappa shape index (κ1) is 22.0. The minimum absolute atomic E-state index is 0.00739. The third kappa shape index (κ3) is 3.44.